The Morgan fingerprint density at radius 1 is 1.04 bits per heavy atom. The van der Waals surface area contributed by atoms with Crippen LogP contribution >= 0.6 is 0 Å². The molecular formula is C18H24N4O. The van der Waals surface area contributed by atoms with Crippen LogP contribution in [0.5, 0.6) is 5.88 Å². The monoisotopic (exact) mass is 312 g/mol. The van der Waals surface area contributed by atoms with Gasteiger partial charge in [0.15, 0.2) is 5.96 Å². The van der Waals surface area contributed by atoms with Crippen molar-refractivity contribution in [2.75, 3.05) is 13.1 Å². The maximum atomic E-state index is 5.74. The Morgan fingerprint density at radius 3 is 2.48 bits per heavy atom. The first-order valence-corrected chi connectivity index (χ1v) is 7.95. The van der Waals surface area contributed by atoms with E-state index in [0.29, 0.717) is 19.0 Å². The highest BCUT2D eigenvalue weighted by Crippen LogP contribution is 2.12. The summed E-state index contributed by atoms with van der Waals surface area (Å²) >= 11 is 0. The van der Waals surface area contributed by atoms with E-state index in [1.807, 2.05) is 42.5 Å². The third-order valence-electron chi connectivity index (χ3n) is 3.14. The van der Waals surface area contributed by atoms with Crippen LogP contribution < -0.4 is 15.4 Å². The molecule has 23 heavy (non-hydrogen) atoms. The molecule has 122 valence electrons. The SMILES string of the molecule is CCNC(=NCc1ccnc(OCc2ccccc2)c1)NCC. The van der Waals surface area contributed by atoms with Crippen LogP contribution in [0.1, 0.15) is 25.0 Å². The molecule has 2 aromatic rings. The Balaban J connectivity index is 1.95. The van der Waals surface area contributed by atoms with Gasteiger partial charge in [-0.05, 0) is 31.0 Å². The minimum absolute atomic E-state index is 0.514. The maximum Gasteiger partial charge on any atom is 0.213 e. The van der Waals surface area contributed by atoms with E-state index in [-0.39, 0.29) is 0 Å². The summed E-state index contributed by atoms with van der Waals surface area (Å²) in [5, 5.41) is 6.41. The number of pyridine rings is 1. The van der Waals surface area contributed by atoms with Crippen molar-refractivity contribution in [3.8, 4) is 5.88 Å². The molecule has 0 atom stereocenters. The van der Waals surface area contributed by atoms with Gasteiger partial charge in [0.2, 0.25) is 5.88 Å². The molecule has 0 aliphatic heterocycles. The maximum absolute atomic E-state index is 5.74. The molecule has 0 radical (unpaired) electrons. The number of guanidine groups is 1. The molecule has 0 amide bonds. The lowest BCUT2D eigenvalue weighted by Gasteiger charge is -2.09. The van der Waals surface area contributed by atoms with Crippen LogP contribution in [-0.4, -0.2) is 24.0 Å². The normalized spacial score (nSPS) is 10.0. The highest BCUT2D eigenvalue weighted by Gasteiger charge is 2.00. The Hall–Kier alpha value is -2.56. The summed E-state index contributed by atoms with van der Waals surface area (Å²) < 4.78 is 5.74. The van der Waals surface area contributed by atoms with Gasteiger partial charge in [-0.2, -0.15) is 0 Å². The molecule has 2 N–H and O–H groups in total. The second-order valence-electron chi connectivity index (χ2n) is 5.00. The molecule has 5 nitrogen and oxygen atoms in total. The van der Waals surface area contributed by atoms with E-state index < -0.39 is 0 Å². The van der Waals surface area contributed by atoms with Gasteiger partial charge in [-0.25, -0.2) is 9.98 Å². The molecule has 1 heterocycles. The zero-order chi connectivity index (χ0) is 16.3. The van der Waals surface area contributed by atoms with Gasteiger partial charge in [-0.1, -0.05) is 30.3 Å². The Morgan fingerprint density at radius 2 is 1.78 bits per heavy atom. The molecule has 0 saturated carbocycles. The van der Waals surface area contributed by atoms with Crippen LogP contribution in [0.3, 0.4) is 0 Å². The quantitative estimate of drug-likeness (QED) is 0.610. The summed E-state index contributed by atoms with van der Waals surface area (Å²) in [4.78, 5) is 8.80. The molecule has 1 aromatic heterocycles. The van der Waals surface area contributed by atoms with Crippen LogP contribution in [0.25, 0.3) is 0 Å². The Bertz CT molecular complexity index is 605. The fraction of sp³-hybridized carbons (Fsp3) is 0.333. The highest BCUT2D eigenvalue weighted by atomic mass is 16.5. The van der Waals surface area contributed by atoms with Gasteiger partial charge < -0.3 is 15.4 Å². The number of ether oxygens (including phenoxy) is 1. The topological polar surface area (TPSA) is 58.5 Å². The molecule has 0 aliphatic rings. The highest BCUT2D eigenvalue weighted by molar-refractivity contribution is 5.79. The minimum atomic E-state index is 0.514. The van der Waals surface area contributed by atoms with Crippen LogP contribution in [0.4, 0.5) is 0 Å². The van der Waals surface area contributed by atoms with Gasteiger partial charge in [0.1, 0.15) is 6.61 Å². The first kappa shape index (κ1) is 16.8. The molecule has 0 spiro atoms. The molecular weight excluding hydrogens is 288 g/mol. The second-order valence-corrected chi connectivity index (χ2v) is 5.00. The lowest BCUT2D eigenvalue weighted by atomic mass is 10.2. The fourth-order valence-corrected chi connectivity index (χ4v) is 2.04. The molecule has 5 heteroatoms. The number of hydrogen-bond acceptors (Lipinski definition) is 3. The number of aliphatic imine (C=N–C) groups is 1. The largest absolute Gasteiger partial charge is 0.473 e. The van der Waals surface area contributed by atoms with Crippen LogP contribution in [0, 0.1) is 0 Å². The van der Waals surface area contributed by atoms with Gasteiger partial charge in [0.25, 0.3) is 0 Å². The summed E-state index contributed by atoms with van der Waals surface area (Å²) in [5.41, 5.74) is 2.19. The van der Waals surface area contributed by atoms with Crippen molar-refractivity contribution < 1.29 is 4.74 Å². The van der Waals surface area contributed by atoms with Crippen molar-refractivity contribution in [3.63, 3.8) is 0 Å². The first-order valence-electron chi connectivity index (χ1n) is 7.95. The Kier molecular flexibility index (Phi) is 6.91. The van der Waals surface area contributed by atoms with E-state index in [1.54, 1.807) is 6.20 Å². The minimum Gasteiger partial charge on any atom is -0.473 e. The Labute approximate surface area is 137 Å². The van der Waals surface area contributed by atoms with Gasteiger partial charge in [-0.3, -0.25) is 0 Å². The smallest absolute Gasteiger partial charge is 0.213 e. The predicted octanol–water partition coefficient (Wildman–Crippen LogP) is 2.74. The summed E-state index contributed by atoms with van der Waals surface area (Å²) in [5.74, 6) is 1.44. The molecule has 0 aliphatic carbocycles. The van der Waals surface area contributed by atoms with Crippen molar-refractivity contribution in [3.05, 3.63) is 59.8 Å². The average molecular weight is 312 g/mol. The van der Waals surface area contributed by atoms with E-state index >= 15 is 0 Å². The van der Waals surface area contributed by atoms with Gasteiger partial charge >= 0.3 is 0 Å². The molecule has 0 fully saturated rings. The van der Waals surface area contributed by atoms with E-state index in [9.17, 15) is 0 Å². The fourth-order valence-electron chi connectivity index (χ4n) is 2.04. The summed E-state index contributed by atoms with van der Waals surface area (Å²) in [6.07, 6.45) is 1.76. The van der Waals surface area contributed by atoms with Crippen molar-refractivity contribution in [1.82, 2.24) is 15.6 Å². The van der Waals surface area contributed by atoms with Crippen LogP contribution in [0.15, 0.2) is 53.7 Å². The number of aromatic nitrogens is 1. The van der Waals surface area contributed by atoms with Gasteiger partial charge in [-0.15, -0.1) is 0 Å². The lowest BCUT2D eigenvalue weighted by molar-refractivity contribution is 0.293. The molecule has 2 rings (SSSR count). The van der Waals surface area contributed by atoms with Crippen LogP contribution in [0.2, 0.25) is 0 Å². The van der Waals surface area contributed by atoms with Crippen molar-refractivity contribution in [1.29, 1.82) is 0 Å². The van der Waals surface area contributed by atoms with E-state index in [4.69, 9.17) is 4.74 Å². The van der Waals surface area contributed by atoms with E-state index in [2.05, 4.69) is 34.5 Å². The predicted molar refractivity (Wildman–Crippen MR) is 93.5 cm³/mol. The number of benzene rings is 1. The summed E-state index contributed by atoms with van der Waals surface area (Å²) in [7, 11) is 0. The summed E-state index contributed by atoms with van der Waals surface area (Å²) in [6, 6.07) is 13.9. The molecule has 0 bridgehead atoms. The molecule has 1 aromatic carbocycles. The van der Waals surface area contributed by atoms with Crippen molar-refractivity contribution >= 4 is 5.96 Å². The lowest BCUT2D eigenvalue weighted by Crippen LogP contribution is -2.36. The zero-order valence-electron chi connectivity index (χ0n) is 13.7. The third kappa shape index (κ3) is 5.98. The number of nitrogens with zero attached hydrogens (tertiary/aromatic N) is 2. The summed E-state index contributed by atoms with van der Waals surface area (Å²) in [6.45, 7) is 6.88. The van der Waals surface area contributed by atoms with Gasteiger partial charge in [0, 0.05) is 25.4 Å². The number of rotatable bonds is 7. The van der Waals surface area contributed by atoms with Crippen molar-refractivity contribution in [2.45, 2.75) is 27.0 Å². The van der Waals surface area contributed by atoms with Gasteiger partial charge in [0.05, 0.1) is 6.54 Å². The molecule has 0 saturated heterocycles. The van der Waals surface area contributed by atoms with Crippen molar-refractivity contribution in [2.24, 2.45) is 4.99 Å². The average Bonchev–Trinajstić information content (AvgIpc) is 2.60. The standard InChI is InChI=1S/C18H24N4O/c1-3-19-18(20-4-2)22-13-16-10-11-21-17(12-16)23-14-15-8-6-5-7-9-15/h5-12H,3-4,13-14H2,1-2H3,(H2,19,20,22). The zero-order valence-corrected chi connectivity index (χ0v) is 13.7. The number of hydrogen-bond donors (Lipinski definition) is 2. The second kappa shape index (κ2) is 9.46. The number of nitrogens with one attached hydrogen (secondary N) is 2. The van der Waals surface area contributed by atoms with E-state index in [1.165, 1.54) is 0 Å². The third-order valence-corrected chi connectivity index (χ3v) is 3.14. The molecule has 0 unspecified atom stereocenters. The van der Waals surface area contributed by atoms with Crippen LogP contribution in [-0.2, 0) is 13.2 Å². The van der Waals surface area contributed by atoms with E-state index in [0.717, 1.165) is 30.2 Å². The first-order chi connectivity index (χ1) is 11.3.